The fraction of sp³-hybridized carbons (Fsp3) is 0.0625. The molecule has 20 heavy (non-hydrogen) atoms. The zero-order valence-electron chi connectivity index (χ0n) is 10.6. The Balaban J connectivity index is 2.05. The molecule has 0 heterocycles. The van der Waals surface area contributed by atoms with E-state index < -0.39 is 11.8 Å². The molecule has 4 heteroatoms. The smallest absolute Gasteiger partial charge is 0.339 e. The van der Waals surface area contributed by atoms with Gasteiger partial charge in [-0.1, -0.05) is 42.5 Å². The fourth-order valence-electron chi connectivity index (χ4n) is 1.70. The van der Waals surface area contributed by atoms with Gasteiger partial charge in [0.05, 0.1) is 0 Å². The number of para-hydroxylation sites is 1. The van der Waals surface area contributed by atoms with Gasteiger partial charge in [0.15, 0.2) is 11.6 Å². The predicted octanol–water partition coefficient (Wildman–Crippen LogP) is 3.62. The van der Waals surface area contributed by atoms with E-state index in [0.717, 1.165) is 5.56 Å². The molecule has 0 aromatic heterocycles. The predicted molar refractivity (Wildman–Crippen MR) is 74.3 cm³/mol. The number of carboxylic acids is 1. The lowest BCUT2D eigenvalue weighted by Crippen LogP contribution is -2.05. The van der Waals surface area contributed by atoms with Crippen molar-refractivity contribution in [3.63, 3.8) is 0 Å². The van der Waals surface area contributed by atoms with Gasteiger partial charge in [-0.25, -0.2) is 9.18 Å². The normalized spacial score (nSPS) is 10.7. The molecule has 3 nitrogen and oxygen atoms in total. The highest BCUT2D eigenvalue weighted by Gasteiger charge is 2.14. The molecule has 0 spiro atoms. The molecule has 0 bridgehead atoms. The molecule has 2 aromatic rings. The van der Waals surface area contributed by atoms with Crippen molar-refractivity contribution in [3.05, 3.63) is 71.6 Å². The third-order valence-electron chi connectivity index (χ3n) is 2.63. The molecule has 0 aliphatic rings. The Hall–Kier alpha value is -2.62. The Morgan fingerprint density at radius 2 is 1.90 bits per heavy atom. The van der Waals surface area contributed by atoms with Gasteiger partial charge in [0.2, 0.25) is 0 Å². The summed E-state index contributed by atoms with van der Waals surface area (Å²) in [6.07, 6.45) is 3.52. The molecular weight excluding hydrogens is 259 g/mol. The van der Waals surface area contributed by atoms with Crippen molar-refractivity contribution in [2.75, 3.05) is 6.61 Å². The minimum atomic E-state index is -1.22. The summed E-state index contributed by atoms with van der Waals surface area (Å²) < 4.78 is 18.8. The van der Waals surface area contributed by atoms with E-state index in [4.69, 9.17) is 9.84 Å². The molecule has 0 saturated heterocycles. The number of aromatic carboxylic acids is 1. The van der Waals surface area contributed by atoms with Crippen LogP contribution in [0.5, 0.6) is 5.75 Å². The summed E-state index contributed by atoms with van der Waals surface area (Å²) in [5.74, 6) is -2.14. The van der Waals surface area contributed by atoms with Crippen LogP contribution in [0.25, 0.3) is 6.08 Å². The maximum atomic E-state index is 13.5. The van der Waals surface area contributed by atoms with Crippen molar-refractivity contribution >= 4 is 12.0 Å². The van der Waals surface area contributed by atoms with E-state index in [1.54, 1.807) is 6.08 Å². The van der Waals surface area contributed by atoms with E-state index in [1.807, 2.05) is 36.4 Å². The third kappa shape index (κ3) is 3.45. The zero-order chi connectivity index (χ0) is 14.4. The lowest BCUT2D eigenvalue weighted by atomic mass is 10.2. The number of carbonyl (C=O) groups is 1. The van der Waals surface area contributed by atoms with Gasteiger partial charge in [0, 0.05) is 0 Å². The van der Waals surface area contributed by atoms with E-state index in [9.17, 15) is 9.18 Å². The zero-order valence-corrected chi connectivity index (χ0v) is 10.6. The van der Waals surface area contributed by atoms with Gasteiger partial charge < -0.3 is 9.84 Å². The van der Waals surface area contributed by atoms with Gasteiger partial charge in [-0.15, -0.1) is 0 Å². The molecule has 2 aromatic carbocycles. The van der Waals surface area contributed by atoms with Crippen LogP contribution < -0.4 is 4.74 Å². The number of ether oxygens (including phenoxy) is 1. The third-order valence-corrected chi connectivity index (χ3v) is 2.63. The summed E-state index contributed by atoms with van der Waals surface area (Å²) in [6, 6.07) is 13.4. The summed E-state index contributed by atoms with van der Waals surface area (Å²) in [5, 5.41) is 8.96. The molecule has 0 aliphatic carbocycles. The van der Waals surface area contributed by atoms with Crippen molar-refractivity contribution in [3.8, 4) is 5.75 Å². The minimum Gasteiger partial charge on any atom is -0.486 e. The average Bonchev–Trinajstić information content (AvgIpc) is 2.45. The van der Waals surface area contributed by atoms with Crippen LogP contribution in [0.3, 0.4) is 0 Å². The van der Waals surface area contributed by atoms with Crippen LogP contribution >= 0.6 is 0 Å². The lowest BCUT2D eigenvalue weighted by Gasteiger charge is -2.07. The Morgan fingerprint density at radius 3 is 2.60 bits per heavy atom. The minimum absolute atomic E-state index is 0.0934. The maximum absolute atomic E-state index is 13.5. The summed E-state index contributed by atoms with van der Waals surface area (Å²) in [4.78, 5) is 11.0. The molecule has 0 aliphatic heterocycles. The molecule has 102 valence electrons. The Bertz CT molecular complexity index is 621. The number of benzene rings is 2. The van der Waals surface area contributed by atoms with E-state index >= 15 is 0 Å². The molecule has 0 atom stereocenters. The van der Waals surface area contributed by atoms with E-state index in [1.165, 1.54) is 18.2 Å². The monoisotopic (exact) mass is 272 g/mol. The topological polar surface area (TPSA) is 46.5 Å². The van der Waals surface area contributed by atoms with Crippen LogP contribution in [0.15, 0.2) is 54.6 Å². The second-order valence-electron chi connectivity index (χ2n) is 4.05. The van der Waals surface area contributed by atoms with Crippen molar-refractivity contribution in [2.24, 2.45) is 0 Å². The molecule has 0 radical (unpaired) electrons. The quantitative estimate of drug-likeness (QED) is 0.904. The highest BCUT2D eigenvalue weighted by atomic mass is 19.1. The Morgan fingerprint density at radius 1 is 1.15 bits per heavy atom. The van der Waals surface area contributed by atoms with Crippen molar-refractivity contribution in [2.45, 2.75) is 0 Å². The van der Waals surface area contributed by atoms with Crippen LogP contribution in [0.4, 0.5) is 4.39 Å². The lowest BCUT2D eigenvalue weighted by molar-refractivity contribution is 0.0691. The van der Waals surface area contributed by atoms with Gasteiger partial charge >= 0.3 is 5.97 Å². The highest BCUT2D eigenvalue weighted by molar-refractivity contribution is 5.90. The molecule has 0 unspecified atom stereocenters. The molecular formula is C16H13FO3. The first-order chi connectivity index (χ1) is 9.68. The van der Waals surface area contributed by atoms with Crippen molar-refractivity contribution in [1.82, 2.24) is 0 Å². The number of carboxylic acid groups (broad SMARTS) is 1. The van der Waals surface area contributed by atoms with Crippen molar-refractivity contribution < 1.29 is 19.0 Å². The molecule has 0 fully saturated rings. The first kappa shape index (κ1) is 13.8. The van der Waals surface area contributed by atoms with Crippen LogP contribution in [-0.4, -0.2) is 17.7 Å². The van der Waals surface area contributed by atoms with Gasteiger partial charge in [-0.2, -0.15) is 0 Å². The van der Waals surface area contributed by atoms with E-state index in [0.29, 0.717) is 0 Å². The van der Waals surface area contributed by atoms with Gasteiger partial charge in [-0.3, -0.25) is 0 Å². The summed E-state index contributed by atoms with van der Waals surface area (Å²) in [5.41, 5.74) is 0.807. The number of halogens is 1. The van der Waals surface area contributed by atoms with E-state index in [-0.39, 0.29) is 17.9 Å². The Kier molecular flexibility index (Phi) is 4.50. The molecule has 0 saturated carbocycles. The standard InChI is InChI=1S/C16H13FO3/c17-14-10-4-9-13(16(18)19)15(14)20-11-5-8-12-6-2-1-3-7-12/h1-10H,11H2,(H,18,19). The average molecular weight is 272 g/mol. The SMILES string of the molecule is O=C(O)c1cccc(F)c1OCC=Cc1ccccc1. The highest BCUT2D eigenvalue weighted by Crippen LogP contribution is 2.22. The summed E-state index contributed by atoms with van der Waals surface area (Å²) in [6.45, 7) is 0.0934. The first-order valence-corrected chi connectivity index (χ1v) is 6.04. The number of rotatable bonds is 5. The van der Waals surface area contributed by atoms with E-state index in [2.05, 4.69) is 0 Å². The van der Waals surface area contributed by atoms with Gasteiger partial charge in [0.25, 0.3) is 0 Å². The maximum Gasteiger partial charge on any atom is 0.339 e. The first-order valence-electron chi connectivity index (χ1n) is 6.04. The fourth-order valence-corrected chi connectivity index (χ4v) is 1.70. The van der Waals surface area contributed by atoms with Crippen LogP contribution in [0.2, 0.25) is 0 Å². The molecule has 0 amide bonds. The van der Waals surface area contributed by atoms with Gasteiger partial charge in [-0.05, 0) is 23.8 Å². The van der Waals surface area contributed by atoms with Crippen LogP contribution in [0, 0.1) is 5.82 Å². The molecule has 2 rings (SSSR count). The number of hydrogen-bond donors (Lipinski definition) is 1. The second-order valence-corrected chi connectivity index (χ2v) is 4.05. The molecule has 1 N–H and O–H groups in total. The largest absolute Gasteiger partial charge is 0.486 e. The summed E-state index contributed by atoms with van der Waals surface area (Å²) in [7, 11) is 0. The van der Waals surface area contributed by atoms with Crippen molar-refractivity contribution in [1.29, 1.82) is 0 Å². The Labute approximate surface area is 115 Å². The van der Waals surface area contributed by atoms with Crippen LogP contribution in [-0.2, 0) is 0 Å². The van der Waals surface area contributed by atoms with Crippen LogP contribution in [0.1, 0.15) is 15.9 Å². The summed E-state index contributed by atoms with van der Waals surface area (Å²) >= 11 is 0. The second kappa shape index (κ2) is 6.52. The van der Waals surface area contributed by atoms with Gasteiger partial charge in [0.1, 0.15) is 12.2 Å². The number of hydrogen-bond acceptors (Lipinski definition) is 2.